The van der Waals surface area contributed by atoms with Crippen LogP contribution >= 0.6 is 23.1 Å². The summed E-state index contributed by atoms with van der Waals surface area (Å²) in [6.07, 6.45) is 2.84. The summed E-state index contributed by atoms with van der Waals surface area (Å²) < 4.78 is 28.0. The van der Waals surface area contributed by atoms with Crippen LogP contribution in [0.3, 0.4) is 0 Å². The van der Waals surface area contributed by atoms with Gasteiger partial charge in [-0.1, -0.05) is 24.2 Å². The summed E-state index contributed by atoms with van der Waals surface area (Å²) >= 11 is 2.90. The summed E-state index contributed by atoms with van der Waals surface area (Å²) in [6.45, 7) is 4.84. The highest BCUT2D eigenvalue weighted by atomic mass is 32.2. The third-order valence-corrected chi connectivity index (χ3v) is 8.38. The molecule has 1 fully saturated rings. The number of hydrogen-bond donors (Lipinski definition) is 1. The average Bonchev–Trinajstić information content (AvgIpc) is 3.07. The largest absolute Gasteiger partial charge is 0.325 e. The molecule has 0 radical (unpaired) electrons. The van der Waals surface area contributed by atoms with Gasteiger partial charge in [-0.05, 0) is 44.9 Å². The van der Waals surface area contributed by atoms with E-state index in [0.717, 1.165) is 29.3 Å². The first-order chi connectivity index (χ1) is 12.9. The maximum atomic E-state index is 12.8. The van der Waals surface area contributed by atoms with Crippen molar-refractivity contribution in [3.05, 3.63) is 35.3 Å². The smallest absolute Gasteiger partial charge is 0.243 e. The van der Waals surface area contributed by atoms with Gasteiger partial charge in [-0.15, -0.1) is 11.3 Å². The molecule has 6 nitrogen and oxygen atoms in total. The highest BCUT2D eigenvalue weighted by Crippen LogP contribution is 2.28. The average molecular weight is 426 g/mol. The fourth-order valence-corrected chi connectivity index (χ4v) is 6.37. The zero-order chi connectivity index (χ0) is 19.4. The van der Waals surface area contributed by atoms with E-state index in [9.17, 15) is 13.2 Å². The van der Waals surface area contributed by atoms with Gasteiger partial charge in [0.1, 0.15) is 0 Å². The molecule has 2 heterocycles. The maximum Gasteiger partial charge on any atom is 0.243 e. The number of benzene rings is 1. The summed E-state index contributed by atoms with van der Waals surface area (Å²) in [4.78, 5) is 17.0. The monoisotopic (exact) mass is 425 g/mol. The van der Waals surface area contributed by atoms with E-state index >= 15 is 0 Å². The molecule has 0 spiro atoms. The van der Waals surface area contributed by atoms with Crippen LogP contribution in [-0.4, -0.2) is 42.0 Å². The standard InChI is InChI=1S/C18H23N3O3S3/c1-13-12-25-18(19-13)26-14(2)17(22)20-15-7-6-8-16(11-15)27(23,24)21-9-4-3-5-10-21/h6-8,11-12,14H,3-5,9-10H2,1-2H3,(H,20,22)/t14-/m1/s1. The summed E-state index contributed by atoms with van der Waals surface area (Å²) in [5, 5.41) is 4.43. The van der Waals surface area contributed by atoms with Crippen molar-refractivity contribution >= 4 is 44.7 Å². The Morgan fingerprint density at radius 1 is 1.30 bits per heavy atom. The molecule has 1 N–H and O–H groups in total. The number of anilines is 1. The zero-order valence-electron chi connectivity index (χ0n) is 15.3. The van der Waals surface area contributed by atoms with Crippen LogP contribution in [0.15, 0.2) is 38.9 Å². The molecule has 0 aliphatic carbocycles. The number of carbonyl (C=O) groups excluding carboxylic acids is 1. The van der Waals surface area contributed by atoms with Crippen molar-refractivity contribution in [1.82, 2.24) is 9.29 Å². The molecule has 1 aromatic heterocycles. The molecule has 3 rings (SSSR count). The Kier molecular flexibility index (Phi) is 6.56. The molecule has 27 heavy (non-hydrogen) atoms. The number of thiazole rings is 1. The zero-order valence-corrected chi connectivity index (χ0v) is 17.8. The normalized spacial score (nSPS) is 16.8. The number of sulfonamides is 1. The summed E-state index contributed by atoms with van der Waals surface area (Å²) in [5.41, 5.74) is 1.42. The second-order valence-electron chi connectivity index (χ2n) is 6.50. The Bertz CT molecular complexity index is 905. The van der Waals surface area contributed by atoms with Gasteiger partial charge in [0.25, 0.3) is 0 Å². The molecule has 1 atom stereocenters. The Hall–Kier alpha value is -1.42. The molecule has 1 amide bonds. The summed E-state index contributed by atoms with van der Waals surface area (Å²) in [7, 11) is -3.52. The van der Waals surface area contributed by atoms with Gasteiger partial charge >= 0.3 is 0 Å². The number of amides is 1. The molecule has 1 saturated heterocycles. The van der Waals surface area contributed by atoms with E-state index in [1.807, 2.05) is 19.2 Å². The SMILES string of the molecule is Cc1csc(S[C@H](C)C(=O)Nc2cccc(S(=O)(=O)N3CCCCC3)c2)n1. The molecule has 1 aliphatic heterocycles. The van der Waals surface area contributed by atoms with E-state index in [4.69, 9.17) is 0 Å². The highest BCUT2D eigenvalue weighted by Gasteiger charge is 2.26. The summed E-state index contributed by atoms with van der Waals surface area (Å²) in [6, 6.07) is 6.48. The molecule has 0 bridgehead atoms. The van der Waals surface area contributed by atoms with Crippen LogP contribution in [0, 0.1) is 6.92 Å². The van der Waals surface area contributed by atoms with Crippen LogP contribution in [0.25, 0.3) is 0 Å². The number of aryl methyl sites for hydroxylation is 1. The van der Waals surface area contributed by atoms with Crippen LogP contribution in [-0.2, 0) is 14.8 Å². The van der Waals surface area contributed by atoms with Gasteiger partial charge < -0.3 is 5.32 Å². The number of rotatable bonds is 6. The van der Waals surface area contributed by atoms with Crippen molar-refractivity contribution in [2.75, 3.05) is 18.4 Å². The number of nitrogens with one attached hydrogen (secondary N) is 1. The fourth-order valence-electron chi connectivity index (χ4n) is 2.82. The van der Waals surface area contributed by atoms with Crippen molar-refractivity contribution in [1.29, 1.82) is 0 Å². The number of nitrogens with zero attached hydrogens (tertiary/aromatic N) is 2. The van der Waals surface area contributed by atoms with Crippen LogP contribution in [0.1, 0.15) is 31.9 Å². The van der Waals surface area contributed by atoms with Gasteiger partial charge in [0, 0.05) is 29.9 Å². The van der Waals surface area contributed by atoms with E-state index in [0.29, 0.717) is 18.8 Å². The van der Waals surface area contributed by atoms with E-state index in [2.05, 4.69) is 10.3 Å². The Morgan fingerprint density at radius 3 is 2.70 bits per heavy atom. The van der Waals surface area contributed by atoms with Crippen molar-refractivity contribution in [2.45, 2.75) is 47.6 Å². The molecular formula is C18H23N3O3S3. The van der Waals surface area contributed by atoms with Crippen molar-refractivity contribution < 1.29 is 13.2 Å². The third-order valence-electron chi connectivity index (χ3n) is 4.30. The van der Waals surface area contributed by atoms with Crippen molar-refractivity contribution in [2.24, 2.45) is 0 Å². The molecule has 2 aromatic rings. The van der Waals surface area contributed by atoms with Gasteiger partial charge in [-0.3, -0.25) is 4.79 Å². The fraction of sp³-hybridized carbons (Fsp3) is 0.444. The lowest BCUT2D eigenvalue weighted by molar-refractivity contribution is -0.115. The highest BCUT2D eigenvalue weighted by molar-refractivity contribution is 8.02. The Balaban J connectivity index is 1.68. The molecule has 146 valence electrons. The van der Waals surface area contributed by atoms with Gasteiger partial charge in [0.15, 0.2) is 4.34 Å². The lowest BCUT2D eigenvalue weighted by atomic mass is 10.2. The van der Waals surface area contributed by atoms with Crippen LogP contribution in [0.4, 0.5) is 5.69 Å². The minimum absolute atomic E-state index is 0.180. The number of aromatic nitrogens is 1. The van der Waals surface area contributed by atoms with E-state index < -0.39 is 10.0 Å². The number of thioether (sulfide) groups is 1. The molecule has 0 saturated carbocycles. The van der Waals surface area contributed by atoms with E-state index in [1.165, 1.54) is 33.5 Å². The Labute approximate surface area is 168 Å². The molecule has 0 unspecified atom stereocenters. The minimum atomic E-state index is -3.52. The summed E-state index contributed by atoms with van der Waals surface area (Å²) in [5.74, 6) is -0.180. The molecule has 9 heteroatoms. The first-order valence-electron chi connectivity index (χ1n) is 8.86. The second-order valence-corrected chi connectivity index (χ2v) is 10.9. The Morgan fingerprint density at radius 2 is 2.04 bits per heavy atom. The number of piperidine rings is 1. The first kappa shape index (κ1) is 20.3. The predicted octanol–water partition coefficient (Wildman–Crippen LogP) is 3.75. The van der Waals surface area contributed by atoms with Gasteiger partial charge in [-0.25, -0.2) is 13.4 Å². The lowest BCUT2D eigenvalue weighted by Gasteiger charge is -2.26. The van der Waals surface area contributed by atoms with Crippen LogP contribution < -0.4 is 5.32 Å². The van der Waals surface area contributed by atoms with Crippen molar-refractivity contribution in [3.63, 3.8) is 0 Å². The van der Waals surface area contributed by atoms with Gasteiger partial charge in [-0.2, -0.15) is 4.31 Å². The number of carbonyl (C=O) groups is 1. The maximum absolute atomic E-state index is 12.8. The lowest BCUT2D eigenvalue weighted by Crippen LogP contribution is -2.35. The third kappa shape index (κ3) is 5.10. The van der Waals surface area contributed by atoms with Crippen LogP contribution in [0.2, 0.25) is 0 Å². The van der Waals surface area contributed by atoms with Crippen LogP contribution in [0.5, 0.6) is 0 Å². The second kappa shape index (κ2) is 8.72. The van der Waals surface area contributed by atoms with Gasteiger partial charge in [0.2, 0.25) is 15.9 Å². The minimum Gasteiger partial charge on any atom is -0.325 e. The first-order valence-corrected chi connectivity index (χ1v) is 12.1. The molecule has 1 aromatic carbocycles. The molecular weight excluding hydrogens is 402 g/mol. The van der Waals surface area contributed by atoms with E-state index in [-0.39, 0.29) is 16.1 Å². The quantitative estimate of drug-likeness (QED) is 0.713. The molecule has 1 aliphatic rings. The van der Waals surface area contributed by atoms with Crippen molar-refractivity contribution in [3.8, 4) is 0 Å². The topological polar surface area (TPSA) is 79.4 Å². The predicted molar refractivity (Wildman–Crippen MR) is 110 cm³/mol. The van der Waals surface area contributed by atoms with E-state index in [1.54, 1.807) is 18.2 Å². The number of hydrogen-bond acceptors (Lipinski definition) is 6. The van der Waals surface area contributed by atoms with Gasteiger partial charge in [0.05, 0.1) is 10.1 Å².